The maximum Gasteiger partial charge on any atom is 0.227 e. The van der Waals surface area contributed by atoms with Crippen molar-refractivity contribution in [3.63, 3.8) is 0 Å². The molecule has 0 amide bonds. The van der Waals surface area contributed by atoms with Gasteiger partial charge in [-0.1, -0.05) is 103 Å². The monoisotopic (exact) mass is 608 g/mol. The lowest BCUT2D eigenvalue weighted by Gasteiger charge is -2.09. The zero-order chi connectivity index (χ0) is 30.5. The summed E-state index contributed by atoms with van der Waals surface area (Å²) in [5.74, 6) is 2.60. The molecule has 9 rings (SSSR count). The van der Waals surface area contributed by atoms with Gasteiger partial charge in [0.1, 0.15) is 5.52 Å². The van der Waals surface area contributed by atoms with Gasteiger partial charge in [-0.2, -0.15) is 0 Å². The summed E-state index contributed by atoms with van der Waals surface area (Å²) >= 11 is 1.76. The molecule has 0 aliphatic rings. The molecule has 0 aliphatic heterocycles. The average Bonchev–Trinajstić information content (AvgIpc) is 3.74. The molecule has 0 bridgehead atoms. The number of hydrogen-bond donors (Lipinski definition) is 0. The Labute approximate surface area is 268 Å². The van der Waals surface area contributed by atoms with Gasteiger partial charge in [-0.15, -0.1) is 11.3 Å². The molecule has 6 heteroatoms. The van der Waals surface area contributed by atoms with Gasteiger partial charge in [-0.25, -0.2) is 19.9 Å². The first-order chi connectivity index (χ1) is 22.8. The van der Waals surface area contributed by atoms with Crippen LogP contribution in [0.5, 0.6) is 0 Å². The number of aromatic nitrogens is 4. The van der Waals surface area contributed by atoms with Crippen LogP contribution < -0.4 is 0 Å². The third kappa shape index (κ3) is 4.64. The average molecular weight is 609 g/mol. The topological polar surface area (TPSA) is 64.7 Å². The van der Waals surface area contributed by atoms with E-state index in [1.165, 1.54) is 15.5 Å². The lowest BCUT2D eigenvalue weighted by molar-refractivity contribution is 0.620. The summed E-state index contributed by atoms with van der Waals surface area (Å²) in [5.41, 5.74) is 7.68. The molecule has 0 fully saturated rings. The zero-order valence-corrected chi connectivity index (χ0v) is 25.3. The quantitative estimate of drug-likeness (QED) is 0.194. The van der Waals surface area contributed by atoms with Gasteiger partial charge in [0.25, 0.3) is 0 Å². The molecule has 5 nitrogen and oxygen atoms in total. The highest BCUT2D eigenvalue weighted by molar-refractivity contribution is 7.26. The number of thiophene rings is 1. The molecule has 0 unspecified atom stereocenters. The standard InChI is InChI=1S/C40H24N4OS/c1-4-11-25(12-5-1)37-42-38(26-13-6-2-7-14-26)44-39(43-37)31-18-10-17-30-32-23-28(20-22-35(32)46-36(30)31)29-19-21-33-34(24-29)45-40(41-33)27-15-8-3-9-16-27/h1-24H. The Hall–Kier alpha value is -5.98. The first-order valence-corrected chi connectivity index (χ1v) is 15.9. The molecule has 46 heavy (non-hydrogen) atoms. The molecule has 216 valence electrons. The van der Waals surface area contributed by atoms with E-state index in [2.05, 4.69) is 48.5 Å². The first-order valence-electron chi connectivity index (χ1n) is 15.1. The van der Waals surface area contributed by atoms with E-state index >= 15 is 0 Å². The van der Waals surface area contributed by atoms with Crippen molar-refractivity contribution in [3.05, 3.63) is 146 Å². The fraction of sp³-hybridized carbons (Fsp3) is 0. The third-order valence-electron chi connectivity index (χ3n) is 8.18. The lowest BCUT2D eigenvalue weighted by atomic mass is 10.0. The predicted octanol–water partition coefficient (Wildman–Crippen LogP) is 10.7. The van der Waals surface area contributed by atoms with Crippen LogP contribution in [0, 0.1) is 0 Å². The molecule has 0 N–H and O–H groups in total. The fourth-order valence-corrected chi connectivity index (χ4v) is 7.08. The molecule has 3 heterocycles. The Balaban J connectivity index is 1.16. The second kappa shape index (κ2) is 10.9. The molecular weight excluding hydrogens is 585 g/mol. The van der Waals surface area contributed by atoms with E-state index in [1.54, 1.807) is 11.3 Å². The van der Waals surface area contributed by atoms with Gasteiger partial charge in [0.15, 0.2) is 23.1 Å². The molecular formula is C40H24N4OS. The third-order valence-corrected chi connectivity index (χ3v) is 9.40. The van der Waals surface area contributed by atoms with Crippen LogP contribution in [0.2, 0.25) is 0 Å². The maximum atomic E-state index is 6.18. The van der Waals surface area contributed by atoms with Crippen molar-refractivity contribution in [1.82, 2.24) is 19.9 Å². The van der Waals surface area contributed by atoms with E-state index in [-0.39, 0.29) is 0 Å². The van der Waals surface area contributed by atoms with Crippen molar-refractivity contribution in [3.8, 4) is 56.7 Å². The van der Waals surface area contributed by atoms with Gasteiger partial charge in [-0.05, 0) is 53.6 Å². The van der Waals surface area contributed by atoms with Crippen molar-refractivity contribution in [2.24, 2.45) is 0 Å². The molecule has 6 aromatic carbocycles. The Morgan fingerprint density at radius 3 is 1.74 bits per heavy atom. The predicted molar refractivity (Wildman–Crippen MR) is 187 cm³/mol. The van der Waals surface area contributed by atoms with Crippen LogP contribution in [-0.2, 0) is 0 Å². The second-order valence-electron chi connectivity index (χ2n) is 11.1. The summed E-state index contributed by atoms with van der Waals surface area (Å²) in [6, 6.07) is 49.4. The minimum atomic E-state index is 0.628. The number of rotatable bonds is 5. The summed E-state index contributed by atoms with van der Waals surface area (Å²) in [5, 5.41) is 2.37. The summed E-state index contributed by atoms with van der Waals surface area (Å²) in [7, 11) is 0. The number of hydrogen-bond acceptors (Lipinski definition) is 6. The van der Waals surface area contributed by atoms with Gasteiger partial charge < -0.3 is 4.42 Å². The molecule has 0 aliphatic carbocycles. The number of fused-ring (bicyclic) bond motifs is 4. The van der Waals surface area contributed by atoms with Gasteiger partial charge in [-0.3, -0.25) is 0 Å². The maximum absolute atomic E-state index is 6.18. The molecule has 0 radical (unpaired) electrons. The highest BCUT2D eigenvalue weighted by Crippen LogP contribution is 2.41. The second-order valence-corrected chi connectivity index (χ2v) is 12.2. The van der Waals surface area contributed by atoms with E-state index in [9.17, 15) is 0 Å². The van der Waals surface area contributed by atoms with Gasteiger partial charge >= 0.3 is 0 Å². The Morgan fingerprint density at radius 2 is 1.04 bits per heavy atom. The normalized spacial score (nSPS) is 11.5. The van der Waals surface area contributed by atoms with Crippen LogP contribution >= 0.6 is 11.3 Å². The van der Waals surface area contributed by atoms with Gasteiger partial charge in [0.05, 0.1) is 0 Å². The van der Waals surface area contributed by atoms with Crippen molar-refractivity contribution in [2.45, 2.75) is 0 Å². The summed E-state index contributed by atoms with van der Waals surface area (Å²) < 4.78 is 8.54. The number of benzene rings is 6. The zero-order valence-electron chi connectivity index (χ0n) is 24.5. The number of nitrogens with zero attached hydrogens (tertiary/aromatic N) is 4. The molecule has 9 aromatic rings. The summed E-state index contributed by atoms with van der Waals surface area (Å²) in [4.78, 5) is 19.6. The van der Waals surface area contributed by atoms with Crippen LogP contribution in [0.3, 0.4) is 0 Å². The Kier molecular flexibility index (Phi) is 6.25. The molecule has 0 saturated carbocycles. The van der Waals surface area contributed by atoms with Crippen molar-refractivity contribution >= 4 is 42.6 Å². The fourth-order valence-electron chi connectivity index (χ4n) is 5.89. The Bertz CT molecular complexity index is 2470. The van der Waals surface area contributed by atoms with Crippen molar-refractivity contribution < 1.29 is 4.42 Å². The minimum absolute atomic E-state index is 0.628. The van der Waals surface area contributed by atoms with Crippen molar-refractivity contribution in [1.29, 1.82) is 0 Å². The molecule has 3 aromatic heterocycles. The van der Waals surface area contributed by atoms with E-state index in [1.807, 2.05) is 97.1 Å². The SMILES string of the molecule is c1ccc(-c2nc(-c3ccccc3)nc(-c3cccc4c3sc3ccc(-c5ccc6nc(-c7ccccc7)oc6c5)cc34)n2)cc1. The van der Waals surface area contributed by atoms with E-state index in [0.29, 0.717) is 23.4 Å². The minimum Gasteiger partial charge on any atom is -0.436 e. The van der Waals surface area contributed by atoms with Crippen molar-refractivity contribution in [2.75, 3.05) is 0 Å². The Morgan fingerprint density at radius 1 is 0.435 bits per heavy atom. The van der Waals surface area contributed by atoms with Gasteiger partial charge in [0.2, 0.25) is 5.89 Å². The van der Waals surface area contributed by atoms with E-state index < -0.39 is 0 Å². The van der Waals surface area contributed by atoms with Crippen LogP contribution in [0.25, 0.3) is 88.0 Å². The van der Waals surface area contributed by atoms with Crippen LogP contribution in [0.4, 0.5) is 0 Å². The lowest BCUT2D eigenvalue weighted by Crippen LogP contribution is -2.00. The van der Waals surface area contributed by atoms with E-state index in [4.69, 9.17) is 24.4 Å². The van der Waals surface area contributed by atoms with Crippen LogP contribution in [0.1, 0.15) is 0 Å². The van der Waals surface area contributed by atoms with E-state index in [0.717, 1.165) is 49.2 Å². The largest absolute Gasteiger partial charge is 0.436 e. The smallest absolute Gasteiger partial charge is 0.227 e. The number of oxazole rings is 1. The molecule has 0 saturated heterocycles. The van der Waals surface area contributed by atoms with Gasteiger partial charge in [0, 0.05) is 42.4 Å². The first kappa shape index (κ1) is 26.4. The summed E-state index contributed by atoms with van der Waals surface area (Å²) in [6.07, 6.45) is 0. The highest BCUT2D eigenvalue weighted by atomic mass is 32.1. The van der Waals surface area contributed by atoms with Crippen LogP contribution in [-0.4, -0.2) is 19.9 Å². The highest BCUT2D eigenvalue weighted by Gasteiger charge is 2.17. The molecule has 0 spiro atoms. The summed E-state index contributed by atoms with van der Waals surface area (Å²) in [6.45, 7) is 0. The molecule has 0 atom stereocenters. The van der Waals surface area contributed by atoms with Crippen LogP contribution in [0.15, 0.2) is 150 Å².